The number of thiazole rings is 1. The van der Waals surface area contributed by atoms with Gasteiger partial charge in [-0.1, -0.05) is 56.0 Å². The lowest BCUT2D eigenvalue weighted by Crippen LogP contribution is -2.34. The second-order valence-electron chi connectivity index (χ2n) is 7.99. The zero-order valence-corrected chi connectivity index (χ0v) is 20.8. The van der Waals surface area contributed by atoms with E-state index in [0.29, 0.717) is 30.1 Å². The first kappa shape index (κ1) is 25.7. The highest BCUT2D eigenvalue weighted by atomic mass is 35.5. The van der Waals surface area contributed by atoms with Crippen molar-refractivity contribution in [2.45, 2.75) is 68.4 Å². The molecule has 1 amide bonds. The summed E-state index contributed by atoms with van der Waals surface area (Å²) in [6.07, 6.45) is 6.32. The Morgan fingerprint density at radius 2 is 1.81 bits per heavy atom. The van der Waals surface area contributed by atoms with Crippen LogP contribution in [0.25, 0.3) is 0 Å². The fraction of sp³-hybridized carbons (Fsp3) is 0.522. The number of aromatic nitrogens is 1. The average Bonchev–Trinajstić information content (AvgIpc) is 3.16. The van der Waals surface area contributed by atoms with Gasteiger partial charge in [-0.25, -0.2) is 4.98 Å². The van der Waals surface area contributed by atoms with Crippen LogP contribution in [-0.2, 0) is 11.2 Å². The zero-order chi connectivity index (χ0) is 22.9. The van der Waals surface area contributed by atoms with Crippen molar-refractivity contribution in [2.24, 2.45) is 0 Å². The lowest BCUT2D eigenvalue weighted by Gasteiger charge is -2.22. The molecule has 0 bridgehead atoms. The summed E-state index contributed by atoms with van der Waals surface area (Å²) in [7, 11) is 0. The Hall–Kier alpha value is -1.57. The van der Waals surface area contributed by atoms with Crippen LogP contribution in [0.15, 0.2) is 34.0 Å². The molecule has 0 saturated heterocycles. The Kier molecular flexibility index (Phi) is 10.3. The number of carbonyl (C=O) groups is 2. The van der Waals surface area contributed by atoms with Crippen LogP contribution >= 0.6 is 34.7 Å². The summed E-state index contributed by atoms with van der Waals surface area (Å²) in [4.78, 5) is 30.9. The predicted octanol–water partition coefficient (Wildman–Crippen LogP) is 6.41. The van der Waals surface area contributed by atoms with Crippen molar-refractivity contribution in [1.29, 1.82) is 0 Å². The molecule has 0 unspecified atom stereocenters. The largest absolute Gasteiger partial charge is 0.480 e. The van der Waals surface area contributed by atoms with Crippen molar-refractivity contribution >= 4 is 46.6 Å². The molecule has 0 radical (unpaired) electrons. The van der Waals surface area contributed by atoms with E-state index in [-0.39, 0.29) is 5.91 Å². The van der Waals surface area contributed by atoms with E-state index >= 15 is 0 Å². The van der Waals surface area contributed by atoms with Crippen LogP contribution in [0.3, 0.4) is 0 Å². The van der Waals surface area contributed by atoms with Gasteiger partial charge in [-0.05, 0) is 44.5 Å². The highest BCUT2D eigenvalue weighted by Gasteiger charge is 2.29. The van der Waals surface area contributed by atoms with Crippen LogP contribution in [-0.4, -0.2) is 44.7 Å². The molecule has 170 valence electrons. The van der Waals surface area contributed by atoms with Crippen molar-refractivity contribution < 1.29 is 14.7 Å². The number of aliphatic carboxylic acids is 1. The highest BCUT2D eigenvalue weighted by Crippen LogP contribution is 2.34. The monoisotopic (exact) mass is 482 g/mol. The van der Waals surface area contributed by atoms with Crippen LogP contribution < -0.4 is 0 Å². The number of rotatable bonds is 13. The van der Waals surface area contributed by atoms with Gasteiger partial charge in [0.25, 0.3) is 5.91 Å². The Morgan fingerprint density at radius 3 is 2.45 bits per heavy atom. The Balaban J connectivity index is 2.01. The van der Waals surface area contributed by atoms with Crippen LogP contribution in [0.1, 0.15) is 68.9 Å². The number of halogens is 1. The number of hydrogen-bond donors (Lipinski definition) is 1. The number of nitrogens with zero attached hydrogens (tertiary/aromatic N) is 2. The molecule has 5 nitrogen and oxygen atoms in total. The molecule has 0 fully saturated rings. The molecular formula is C23H31ClN2O3S2. The van der Waals surface area contributed by atoms with E-state index in [9.17, 15) is 14.7 Å². The molecule has 2 aromatic rings. The molecule has 31 heavy (non-hydrogen) atoms. The summed E-state index contributed by atoms with van der Waals surface area (Å²) in [6, 6.07) is 7.01. The van der Waals surface area contributed by atoms with Crippen molar-refractivity contribution in [1.82, 2.24) is 9.88 Å². The van der Waals surface area contributed by atoms with Crippen molar-refractivity contribution in [3.63, 3.8) is 0 Å². The van der Waals surface area contributed by atoms with E-state index in [1.807, 2.05) is 10.3 Å². The maximum atomic E-state index is 13.1. The summed E-state index contributed by atoms with van der Waals surface area (Å²) in [6.45, 7) is 6.82. The maximum absolute atomic E-state index is 13.1. The molecule has 1 heterocycles. The fourth-order valence-electron chi connectivity index (χ4n) is 2.96. The Bertz CT molecular complexity index is 853. The van der Waals surface area contributed by atoms with Gasteiger partial charge < -0.3 is 10.0 Å². The van der Waals surface area contributed by atoms with Crippen molar-refractivity contribution in [3.8, 4) is 0 Å². The van der Waals surface area contributed by atoms with Crippen molar-refractivity contribution in [2.75, 3.05) is 13.1 Å². The van der Waals surface area contributed by atoms with Gasteiger partial charge in [-0.3, -0.25) is 9.59 Å². The molecule has 0 atom stereocenters. The van der Waals surface area contributed by atoms with E-state index in [0.717, 1.165) is 22.9 Å². The molecular weight excluding hydrogens is 452 g/mol. The first-order valence-corrected chi connectivity index (χ1v) is 12.7. The number of benzene rings is 1. The Morgan fingerprint density at radius 1 is 1.13 bits per heavy atom. The van der Waals surface area contributed by atoms with Gasteiger partial charge in [0.15, 0.2) is 4.34 Å². The quantitative estimate of drug-likeness (QED) is 0.264. The maximum Gasteiger partial charge on any atom is 0.319 e. The molecule has 1 N–H and O–H groups in total. The first-order chi connectivity index (χ1) is 14.7. The number of unbranched alkanes of at least 4 members (excludes halogenated alkanes) is 4. The molecule has 0 aliphatic carbocycles. The van der Waals surface area contributed by atoms with Crippen LogP contribution in [0.4, 0.5) is 0 Å². The Labute approximate surface area is 198 Å². The summed E-state index contributed by atoms with van der Waals surface area (Å²) >= 11 is 8.67. The van der Waals surface area contributed by atoms with Crippen LogP contribution in [0.5, 0.6) is 0 Å². The number of carboxylic acids is 1. The molecule has 1 aromatic heterocycles. The smallest absolute Gasteiger partial charge is 0.319 e. The number of hydrogen-bond acceptors (Lipinski definition) is 5. The number of carboxylic acid groups (broad SMARTS) is 1. The third kappa shape index (κ3) is 8.47. The van der Waals surface area contributed by atoms with Gasteiger partial charge >= 0.3 is 5.97 Å². The lowest BCUT2D eigenvalue weighted by atomic mass is 10.1. The third-order valence-electron chi connectivity index (χ3n) is 4.94. The van der Waals surface area contributed by atoms with E-state index in [2.05, 4.69) is 11.9 Å². The third-order valence-corrected chi connectivity index (χ3v) is 7.36. The first-order valence-electron chi connectivity index (χ1n) is 10.6. The molecule has 0 saturated carbocycles. The summed E-state index contributed by atoms with van der Waals surface area (Å²) in [5.41, 5.74) is 1.52. The molecule has 1 aromatic carbocycles. The molecule has 2 rings (SSSR count). The van der Waals surface area contributed by atoms with E-state index in [1.165, 1.54) is 42.4 Å². The second kappa shape index (κ2) is 12.5. The summed E-state index contributed by atoms with van der Waals surface area (Å²) < 4.78 is -0.193. The van der Waals surface area contributed by atoms with Crippen LogP contribution in [0.2, 0.25) is 5.02 Å². The SMILES string of the molecule is CCCCCCCN(CCc1csc(SC(C)(C)C(=O)O)n1)C(=O)c1ccc(Cl)cc1. The number of amides is 1. The fourth-order valence-corrected chi connectivity index (χ4v) is 5.31. The molecule has 8 heteroatoms. The van der Waals surface area contributed by atoms with Gasteiger partial charge in [0, 0.05) is 35.5 Å². The second-order valence-corrected chi connectivity index (χ2v) is 11.1. The van der Waals surface area contributed by atoms with Gasteiger partial charge in [0.2, 0.25) is 0 Å². The summed E-state index contributed by atoms with van der Waals surface area (Å²) in [5, 5.41) is 11.9. The zero-order valence-electron chi connectivity index (χ0n) is 18.4. The minimum atomic E-state index is -0.926. The minimum Gasteiger partial charge on any atom is -0.480 e. The van der Waals surface area contributed by atoms with Gasteiger partial charge in [0.1, 0.15) is 4.75 Å². The molecule has 0 aliphatic rings. The van der Waals surface area contributed by atoms with Gasteiger partial charge in [-0.15, -0.1) is 11.3 Å². The lowest BCUT2D eigenvalue weighted by molar-refractivity contribution is -0.138. The number of carbonyl (C=O) groups excluding carboxylic acids is 1. The van der Waals surface area contributed by atoms with Crippen molar-refractivity contribution in [3.05, 3.63) is 45.9 Å². The molecule has 0 aliphatic heterocycles. The van der Waals surface area contributed by atoms with E-state index in [4.69, 9.17) is 11.6 Å². The minimum absolute atomic E-state index is 0.00370. The van der Waals surface area contributed by atoms with Gasteiger partial charge in [0.05, 0.1) is 5.69 Å². The average molecular weight is 483 g/mol. The topological polar surface area (TPSA) is 70.5 Å². The molecule has 0 spiro atoms. The standard InChI is InChI=1S/C23H31ClN2O3S2/c1-4-5-6-7-8-14-26(20(27)17-9-11-18(24)12-10-17)15-13-19-16-30-22(25-19)31-23(2,3)21(28)29/h9-12,16H,4-8,13-15H2,1-3H3,(H,28,29). The van der Waals surface area contributed by atoms with E-state index < -0.39 is 10.7 Å². The summed E-state index contributed by atoms with van der Waals surface area (Å²) in [5.74, 6) is -0.860. The highest BCUT2D eigenvalue weighted by molar-refractivity contribution is 8.02. The predicted molar refractivity (Wildman–Crippen MR) is 130 cm³/mol. The van der Waals surface area contributed by atoms with Gasteiger partial charge in [-0.2, -0.15) is 0 Å². The van der Waals surface area contributed by atoms with Crippen LogP contribution in [0, 0.1) is 0 Å². The normalized spacial score (nSPS) is 11.5. The number of thioether (sulfide) groups is 1. The van der Waals surface area contributed by atoms with E-state index in [1.54, 1.807) is 38.1 Å².